The number of carbonyl (C=O) groups is 1. The smallest absolute Gasteiger partial charge is 0.255 e. The Labute approximate surface area is 154 Å². The van der Waals surface area contributed by atoms with Crippen LogP contribution in [0.5, 0.6) is 0 Å². The lowest BCUT2D eigenvalue weighted by molar-refractivity contribution is 0.0432. The summed E-state index contributed by atoms with van der Waals surface area (Å²) in [4.78, 5) is 23.8. The van der Waals surface area contributed by atoms with Gasteiger partial charge in [-0.05, 0) is 25.0 Å². The summed E-state index contributed by atoms with van der Waals surface area (Å²) in [6.07, 6.45) is 4.44. The predicted octanol–water partition coefficient (Wildman–Crippen LogP) is 0.855. The Morgan fingerprint density at radius 2 is 1.88 bits per heavy atom. The van der Waals surface area contributed by atoms with Crippen molar-refractivity contribution in [3.63, 3.8) is 0 Å². The monoisotopic (exact) mass is 360 g/mol. The number of morpholine rings is 1. The van der Waals surface area contributed by atoms with Crippen LogP contribution >= 0.6 is 0 Å². The average Bonchev–Trinajstić information content (AvgIpc) is 3.22. The molecular formula is C19H28N4O3. The molecule has 0 N–H and O–H groups in total. The van der Waals surface area contributed by atoms with Gasteiger partial charge in [-0.25, -0.2) is 4.98 Å². The lowest BCUT2D eigenvalue weighted by Gasteiger charge is -2.35. The number of nitrogens with zero attached hydrogens (tertiary/aromatic N) is 4. The van der Waals surface area contributed by atoms with E-state index in [1.807, 2.05) is 17.0 Å². The Hall–Kier alpha value is -1.70. The number of anilines is 1. The molecule has 3 saturated heterocycles. The summed E-state index contributed by atoms with van der Waals surface area (Å²) in [6, 6.07) is 3.85. The normalized spacial score (nSPS) is 24.8. The second kappa shape index (κ2) is 8.33. The van der Waals surface area contributed by atoms with Gasteiger partial charge in [0.15, 0.2) is 0 Å². The highest BCUT2D eigenvalue weighted by atomic mass is 16.5. The second-order valence-electron chi connectivity index (χ2n) is 7.23. The Balaban J connectivity index is 1.29. The van der Waals surface area contributed by atoms with E-state index in [0.29, 0.717) is 11.7 Å². The number of ether oxygens (including phenoxy) is 2. The highest BCUT2D eigenvalue weighted by Gasteiger charge is 2.25. The van der Waals surface area contributed by atoms with Crippen LogP contribution < -0.4 is 4.90 Å². The molecule has 0 spiro atoms. The van der Waals surface area contributed by atoms with Crippen LogP contribution in [0.3, 0.4) is 0 Å². The molecule has 1 amide bonds. The van der Waals surface area contributed by atoms with E-state index in [2.05, 4.69) is 14.8 Å². The van der Waals surface area contributed by atoms with Crippen molar-refractivity contribution in [2.24, 2.45) is 0 Å². The molecule has 3 aliphatic rings. The van der Waals surface area contributed by atoms with E-state index in [9.17, 15) is 4.79 Å². The first-order valence-electron chi connectivity index (χ1n) is 9.71. The lowest BCUT2D eigenvalue weighted by Crippen LogP contribution is -2.50. The zero-order valence-electron chi connectivity index (χ0n) is 15.3. The molecule has 0 radical (unpaired) electrons. The van der Waals surface area contributed by atoms with Gasteiger partial charge < -0.3 is 19.3 Å². The molecule has 0 aromatic carbocycles. The SMILES string of the molecule is O=C(c1ccc(N2CCOCC2)nc1)N1CCN(C[C@@H]2CCCO2)CC1. The van der Waals surface area contributed by atoms with E-state index < -0.39 is 0 Å². The maximum absolute atomic E-state index is 12.7. The van der Waals surface area contributed by atoms with Crippen LogP contribution in [0.1, 0.15) is 23.2 Å². The van der Waals surface area contributed by atoms with Gasteiger partial charge in [0.25, 0.3) is 5.91 Å². The summed E-state index contributed by atoms with van der Waals surface area (Å²) in [7, 11) is 0. The van der Waals surface area contributed by atoms with Gasteiger partial charge in [0.2, 0.25) is 0 Å². The molecule has 3 aliphatic heterocycles. The third kappa shape index (κ3) is 4.16. The number of pyridine rings is 1. The third-order valence-corrected chi connectivity index (χ3v) is 5.48. The van der Waals surface area contributed by atoms with E-state index >= 15 is 0 Å². The van der Waals surface area contributed by atoms with E-state index in [-0.39, 0.29) is 5.91 Å². The number of hydrogen-bond acceptors (Lipinski definition) is 6. The van der Waals surface area contributed by atoms with Gasteiger partial charge in [-0.3, -0.25) is 9.69 Å². The predicted molar refractivity (Wildman–Crippen MR) is 98.6 cm³/mol. The van der Waals surface area contributed by atoms with Gasteiger partial charge in [-0.2, -0.15) is 0 Å². The van der Waals surface area contributed by atoms with Crippen molar-refractivity contribution in [1.82, 2.24) is 14.8 Å². The average molecular weight is 360 g/mol. The summed E-state index contributed by atoms with van der Waals surface area (Å²) in [6.45, 7) is 8.47. The fourth-order valence-electron chi connectivity index (χ4n) is 3.88. The molecule has 3 fully saturated rings. The van der Waals surface area contributed by atoms with Crippen molar-refractivity contribution >= 4 is 11.7 Å². The summed E-state index contributed by atoms with van der Waals surface area (Å²) in [5.74, 6) is 1.01. The van der Waals surface area contributed by atoms with E-state index in [1.165, 1.54) is 12.8 Å². The molecule has 0 aliphatic carbocycles. The third-order valence-electron chi connectivity index (χ3n) is 5.48. The minimum atomic E-state index is 0.0859. The first-order valence-corrected chi connectivity index (χ1v) is 9.71. The van der Waals surface area contributed by atoms with Crippen molar-refractivity contribution in [3.05, 3.63) is 23.9 Å². The second-order valence-corrected chi connectivity index (χ2v) is 7.23. The fourth-order valence-corrected chi connectivity index (χ4v) is 3.88. The van der Waals surface area contributed by atoms with Gasteiger partial charge >= 0.3 is 0 Å². The van der Waals surface area contributed by atoms with Crippen molar-refractivity contribution < 1.29 is 14.3 Å². The quantitative estimate of drug-likeness (QED) is 0.794. The van der Waals surface area contributed by atoms with Crippen molar-refractivity contribution in [1.29, 1.82) is 0 Å². The molecule has 0 bridgehead atoms. The largest absolute Gasteiger partial charge is 0.378 e. The zero-order chi connectivity index (χ0) is 17.8. The number of piperazine rings is 1. The van der Waals surface area contributed by atoms with Crippen LogP contribution in [0.4, 0.5) is 5.82 Å². The van der Waals surface area contributed by atoms with Crippen molar-refractivity contribution in [3.8, 4) is 0 Å². The summed E-state index contributed by atoms with van der Waals surface area (Å²) >= 11 is 0. The van der Waals surface area contributed by atoms with E-state index in [0.717, 1.165) is 71.5 Å². The first-order chi connectivity index (χ1) is 12.8. The minimum Gasteiger partial charge on any atom is -0.378 e. The maximum atomic E-state index is 12.7. The first kappa shape index (κ1) is 17.7. The molecular weight excluding hydrogens is 332 g/mol. The molecule has 1 aromatic heterocycles. The van der Waals surface area contributed by atoms with Gasteiger partial charge in [0.05, 0.1) is 24.9 Å². The molecule has 4 rings (SSSR count). The Kier molecular flexibility index (Phi) is 5.67. The highest BCUT2D eigenvalue weighted by molar-refractivity contribution is 5.94. The van der Waals surface area contributed by atoms with Crippen LogP contribution in [-0.4, -0.2) is 92.4 Å². The van der Waals surface area contributed by atoms with Crippen LogP contribution in [0.2, 0.25) is 0 Å². The zero-order valence-corrected chi connectivity index (χ0v) is 15.3. The van der Waals surface area contributed by atoms with Crippen LogP contribution in [-0.2, 0) is 9.47 Å². The Morgan fingerprint density at radius 1 is 1.08 bits per heavy atom. The molecule has 7 nitrogen and oxygen atoms in total. The Morgan fingerprint density at radius 3 is 2.54 bits per heavy atom. The van der Waals surface area contributed by atoms with E-state index in [4.69, 9.17) is 9.47 Å². The summed E-state index contributed by atoms with van der Waals surface area (Å²) < 4.78 is 11.1. The van der Waals surface area contributed by atoms with Gasteiger partial charge in [0.1, 0.15) is 5.82 Å². The Bertz CT molecular complexity index is 589. The van der Waals surface area contributed by atoms with Gasteiger partial charge in [-0.15, -0.1) is 0 Å². The van der Waals surface area contributed by atoms with Crippen LogP contribution in [0, 0.1) is 0 Å². The molecule has 4 heterocycles. The summed E-state index contributed by atoms with van der Waals surface area (Å²) in [5.41, 5.74) is 0.676. The number of carbonyl (C=O) groups excluding carboxylic acids is 1. The molecule has 7 heteroatoms. The van der Waals surface area contributed by atoms with Crippen molar-refractivity contribution in [2.75, 3.05) is 70.5 Å². The maximum Gasteiger partial charge on any atom is 0.255 e. The fraction of sp³-hybridized carbons (Fsp3) is 0.684. The van der Waals surface area contributed by atoms with Crippen LogP contribution in [0.15, 0.2) is 18.3 Å². The molecule has 1 aromatic rings. The molecule has 26 heavy (non-hydrogen) atoms. The van der Waals surface area contributed by atoms with Gasteiger partial charge in [0, 0.05) is 58.6 Å². The van der Waals surface area contributed by atoms with Gasteiger partial charge in [-0.1, -0.05) is 0 Å². The van der Waals surface area contributed by atoms with Crippen molar-refractivity contribution in [2.45, 2.75) is 18.9 Å². The number of amides is 1. The standard InChI is InChI=1S/C19H28N4O3/c24-19(16-3-4-18(20-14-16)22-9-12-25-13-10-22)23-7-5-21(6-8-23)15-17-2-1-11-26-17/h3-4,14,17H,1-2,5-13,15H2/t17-/m0/s1. The minimum absolute atomic E-state index is 0.0859. The number of hydrogen-bond donors (Lipinski definition) is 0. The number of rotatable bonds is 4. The van der Waals surface area contributed by atoms with E-state index in [1.54, 1.807) is 6.20 Å². The lowest BCUT2D eigenvalue weighted by atomic mass is 10.2. The highest BCUT2D eigenvalue weighted by Crippen LogP contribution is 2.17. The topological polar surface area (TPSA) is 58.1 Å². The molecule has 1 atom stereocenters. The molecule has 0 unspecified atom stereocenters. The van der Waals surface area contributed by atoms with Crippen LogP contribution in [0.25, 0.3) is 0 Å². The molecule has 0 saturated carbocycles. The summed E-state index contributed by atoms with van der Waals surface area (Å²) in [5, 5.41) is 0. The molecule has 142 valence electrons. The number of aromatic nitrogens is 1.